The van der Waals surface area contributed by atoms with Crippen molar-refractivity contribution in [1.82, 2.24) is 20.0 Å². The van der Waals surface area contributed by atoms with E-state index in [1.54, 1.807) is 0 Å². The smallest absolute Gasteiger partial charge is 0.193 e. The average molecular weight is 364 g/mol. The quantitative estimate of drug-likeness (QED) is 0.394. The summed E-state index contributed by atoms with van der Waals surface area (Å²) in [5, 5.41) is 8.06. The molecule has 1 aromatic heterocycles. The van der Waals surface area contributed by atoms with Crippen molar-refractivity contribution in [2.45, 2.75) is 59.4 Å². The number of nitrogens with one attached hydrogen (secondary N) is 1. The standard InChI is InChI=1S/C20H37N5O/c1-7-21-19(22-15-20(9-10-20)11-12-26-8-2)24(5)13-17-14-25(6)23-18(17)16(3)4/h14,16H,7-13,15H2,1-6H3,(H,21,22). The van der Waals surface area contributed by atoms with Crippen LogP contribution in [0.15, 0.2) is 11.2 Å². The number of guanidine groups is 1. The molecule has 0 aromatic carbocycles. The van der Waals surface area contributed by atoms with Crippen LogP contribution in [-0.2, 0) is 18.3 Å². The second-order valence-corrected chi connectivity index (χ2v) is 7.84. The molecule has 1 heterocycles. The highest BCUT2D eigenvalue weighted by Crippen LogP contribution is 2.49. The summed E-state index contributed by atoms with van der Waals surface area (Å²) in [6.07, 6.45) is 5.78. The van der Waals surface area contributed by atoms with Crippen molar-refractivity contribution in [2.24, 2.45) is 17.5 Å². The minimum atomic E-state index is 0.369. The first kappa shape index (κ1) is 20.7. The molecule has 2 rings (SSSR count). The van der Waals surface area contributed by atoms with Gasteiger partial charge in [0.1, 0.15) is 0 Å². The zero-order chi connectivity index (χ0) is 19.2. The van der Waals surface area contributed by atoms with Gasteiger partial charge in [0.2, 0.25) is 0 Å². The molecular weight excluding hydrogens is 326 g/mol. The highest BCUT2D eigenvalue weighted by Gasteiger charge is 2.42. The molecule has 26 heavy (non-hydrogen) atoms. The lowest BCUT2D eigenvalue weighted by Crippen LogP contribution is -2.39. The van der Waals surface area contributed by atoms with Crippen molar-refractivity contribution < 1.29 is 4.74 Å². The van der Waals surface area contributed by atoms with Gasteiger partial charge < -0.3 is 15.0 Å². The maximum absolute atomic E-state index is 5.54. The number of aryl methyl sites for hydroxylation is 1. The molecular formula is C20H37N5O. The van der Waals surface area contributed by atoms with Crippen LogP contribution in [0.2, 0.25) is 0 Å². The summed E-state index contributed by atoms with van der Waals surface area (Å²) in [6, 6.07) is 0. The van der Waals surface area contributed by atoms with Gasteiger partial charge in [-0.3, -0.25) is 9.67 Å². The molecule has 1 aliphatic rings. The van der Waals surface area contributed by atoms with E-state index in [4.69, 9.17) is 9.73 Å². The Hall–Kier alpha value is -1.56. The minimum absolute atomic E-state index is 0.369. The van der Waals surface area contributed by atoms with E-state index < -0.39 is 0 Å². The van der Waals surface area contributed by atoms with Crippen molar-refractivity contribution in [1.29, 1.82) is 0 Å². The molecule has 1 saturated carbocycles. The molecule has 6 nitrogen and oxygen atoms in total. The summed E-state index contributed by atoms with van der Waals surface area (Å²) in [4.78, 5) is 7.17. The molecule has 0 unspecified atom stereocenters. The van der Waals surface area contributed by atoms with E-state index in [2.05, 4.69) is 56.3 Å². The molecule has 0 saturated heterocycles. The Morgan fingerprint density at radius 2 is 2.15 bits per heavy atom. The molecule has 1 fully saturated rings. The first-order valence-corrected chi connectivity index (χ1v) is 10.0. The van der Waals surface area contributed by atoms with Crippen LogP contribution in [0, 0.1) is 5.41 Å². The summed E-state index contributed by atoms with van der Waals surface area (Å²) in [7, 11) is 4.10. The molecule has 0 bridgehead atoms. The largest absolute Gasteiger partial charge is 0.382 e. The van der Waals surface area contributed by atoms with Gasteiger partial charge in [0.05, 0.1) is 5.69 Å². The molecule has 6 heteroatoms. The maximum Gasteiger partial charge on any atom is 0.193 e. The molecule has 148 valence electrons. The van der Waals surface area contributed by atoms with Crippen LogP contribution in [0.5, 0.6) is 0 Å². The number of aliphatic imine (C=N–C) groups is 1. The molecule has 1 N–H and O–H groups in total. The lowest BCUT2D eigenvalue weighted by molar-refractivity contribution is 0.129. The van der Waals surface area contributed by atoms with Crippen LogP contribution in [0.4, 0.5) is 0 Å². The van der Waals surface area contributed by atoms with Crippen LogP contribution in [0.25, 0.3) is 0 Å². The SMILES string of the molecule is CCNC(=NCC1(CCOCC)CC1)N(C)Cc1cn(C)nc1C(C)C. The zero-order valence-electron chi connectivity index (χ0n) is 17.5. The first-order valence-electron chi connectivity index (χ1n) is 10.0. The molecule has 0 atom stereocenters. The van der Waals surface area contributed by atoms with E-state index >= 15 is 0 Å². The third kappa shape index (κ3) is 5.73. The maximum atomic E-state index is 5.54. The lowest BCUT2D eigenvalue weighted by Gasteiger charge is -2.23. The van der Waals surface area contributed by atoms with Crippen molar-refractivity contribution in [3.8, 4) is 0 Å². The van der Waals surface area contributed by atoms with Gasteiger partial charge in [0.25, 0.3) is 0 Å². The normalized spacial score (nSPS) is 16.2. The summed E-state index contributed by atoms with van der Waals surface area (Å²) < 4.78 is 7.46. The van der Waals surface area contributed by atoms with E-state index in [1.165, 1.54) is 24.1 Å². The Balaban J connectivity index is 2.02. The highest BCUT2D eigenvalue weighted by molar-refractivity contribution is 5.79. The Bertz CT molecular complexity index is 589. The van der Waals surface area contributed by atoms with E-state index in [0.717, 1.165) is 45.2 Å². The highest BCUT2D eigenvalue weighted by atomic mass is 16.5. The predicted octanol–water partition coefficient (Wildman–Crippen LogP) is 3.15. The van der Waals surface area contributed by atoms with Gasteiger partial charge in [0.15, 0.2) is 5.96 Å². The third-order valence-corrected chi connectivity index (χ3v) is 5.09. The molecule has 1 aromatic rings. The number of ether oxygens (including phenoxy) is 1. The average Bonchev–Trinajstić information content (AvgIpc) is 3.26. The minimum Gasteiger partial charge on any atom is -0.382 e. The lowest BCUT2D eigenvalue weighted by atomic mass is 10.0. The number of aromatic nitrogens is 2. The second kappa shape index (κ2) is 9.40. The monoisotopic (exact) mass is 363 g/mol. The van der Waals surface area contributed by atoms with Gasteiger partial charge in [-0.25, -0.2) is 0 Å². The number of nitrogens with zero attached hydrogens (tertiary/aromatic N) is 4. The van der Waals surface area contributed by atoms with Crippen LogP contribution >= 0.6 is 0 Å². The Kier molecular flexibility index (Phi) is 7.50. The van der Waals surface area contributed by atoms with Crippen LogP contribution in [-0.4, -0.2) is 54.0 Å². The Morgan fingerprint density at radius 3 is 2.73 bits per heavy atom. The number of hydrogen-bond donors (Lipinski definition) is 1. The van der Waals surface area contributed by atoms with Gasteiger partial charge in [-0.1, -0.05) is 13.8 Å². The Labute approximate surface area is 159 Å². The van der Waals surface area contributed by atoms with Crippen molar-refractivity contribution in [3.63, 3.8) is 0 Å². The van der Waals surface area contributed by atoms with E-state index in [1.807, 2.05) is 11.7 Å². The predicted molar refractivity (Wildman–Crippen MR) is 108 cm³/mol. The molecule has 0 radical (unpaired) electrons. The number of hydrogen-bond acceptors (Lipinski definition) is 3. The molecule has 0 amide bonds. The van der Waals surface area contributed by atoms with Gasteiger partial charge in [-0.2, -0.15) is 5.10 Å². The summed E-state index contributed by atoms with van der Waals surface area (Å²) >= 11 is 0. The summed E-state index contributed by atoms with van der Waals surface area (Å²) in [6.45, 7) is 12.8. The number of rotatable bonds is 10. The third-order valence-electron chi connectivity index (χ3n) is 5.09. The summed E-state index contributed by atoms with van der Waals surface area (Å²) in [5.74, 6) is 1.40. The topological polar surface area (TPSA) is 54.7 Å². The van der Waals surface area contributed by atoms with Crippen molar-refractivity contribution in [3.05, 3.63) is 17.5 Å². The van der Waals surface area contributed by atoms with Crippen LogP contribution in [0.1, 0.15) is 64.1 Å². The van der Waals surface area contributed by atoms with Crippen LogP contribution in [0.3, 0.4) is 0 Å². The van der Waals surface area contributed by atoms with E-state index in [0.29, 0.717) is 11.3 Å². The fraction of sp³-hybridized carbons (Fsp3) is 0.800. The van der Waals surface area contributed by atoms with E-state index in [-0.39, 0.29) is 0 Å². The Morgan fingerprint density at radius 1 is 1.42 bits per heavy atom. The van der Waals surface area contributed by atoms with Gasteiger partial charge in [0, 0.05) is 58.7 Å². The second-order valence-electron chi connectivity index (χ2n) is 7.84. The van der Waals surface area contributed by atoms with Gasteiger partial charge >= 0.3 is 0 Å². The molecule has 0 aliphatic heterocycles. The van der Waals surface area contributed by atoms with E-state index in [9.17, 15) is 0 Å². The van der Waals surface area contributed by atoms with Gasteiger partial charge in [-0.05, 0) is 44.4 Å². The summed E-state index contributed by atoms with van der Waals surface area (Å²) in [5.41, 5.74) is 2.81. The van der Waals surface area contributed by atoms with Crippen LogP contribution < -0.4 is 5.32 Å². The molecule has 1 aliphatic carbocycles. The van der Waals surface area contributed by atoms with Gasteiger partial charge in [-0.15, -0.1) is 0 Å². The molecule has 0 spiro atoms. The fourth-order valence-electron chi connectivity index (χ4n) is 3.30. The zero-order valence-corrected chi connectivity index (χ0v) is 17.5. The van der Waals surface area contributed by atoms with Crippen molar-refractivity contribution >= 4 is 5.96 Å². The first-order chi connectivity index (χ1) is 12.4. The fourth-order valence-corrected chi connectivity index (χ4v) is 3.30. The van der Waals surface area contributed by atoms with Crippen molar-refractivity contribution in [2.75, 3.05) is 33.4 Å².